The number of pyridine rings is 1. The molecule has 0 saturated carbocycles. The molecular weight excluding hydrogens is 432 g/mol. The van der Waals surface area contributed by atoms with E-state index < -0.39 is 0 Å². The summed E-state index contributed by atoms with van der Waals surface area (Å²) in [5.74, 6) is 0.838. The van der Waals surface area contributed by atoms with Crippen LogP contribution in [0.15, 0.2) is 88.8 Å². The van der Waals surface area contributed by atoms with Gasteiger partial charge in [-0.1, -0.05) is 48.1 Å². The molecule has 0 bridgehead atoms. The number of allylic oxidation sites excluding steroid dienone is 4. The lowest BCUT2D eigenvalue weighted by Crippen LogP contribution is -2.43. The SMILES string of the molecule is C=CC/N=C(/C)N(N=C)C1=CC=C(Cc2ccc(-c3ccc(CN4CCNCC4)nc3)cc2)CC1. The number of amidine groups is 1. The van der Waals surface area contributed by atoms with Crippen molar-refractivity contribution in [2.24, 2.45) is 10.1 Å². The maximum absolute atomic E-state index is 4.72. The third-order valence-corrected chi connectivity index (χ3v) is 6.52. The second kappa shape index (κ2) is 12.4. The lowest BCUT2D eigenvalue weighted by atomic mass is 9.95. The maximum Gasteiger partial charge on any atom is 0.122 e. The highest BCUT2D eigenvalue weighted by molar-refractivity contribution is 5.81. The van der Waals surface area contributed by atoms with E-state index in [0.717, 1.165) is 74.8 Å². The highest BCUT2D eigenvalue weighted by atomic mass is 15.5. The Balaban J connectivity index is 1.35. The second-order valence-corrected chi connectivity index (χ2v) is 9.05. The molecule has 0 radical (unpaired) electrons. The zero-order chi connectivity index (χ0) is 24.5. The number of hydrogen-bond donors (Lipinski definition) is 1. The summed E-state index contributed by atoms with van der Waals surface area (Å²) in [7, 11) is 0. The molecule has 182 valence electrons. The Morgan fingerprint density at radius 1 is 1.09 bits per heavy atom. The van der Waals surface area contributed by atoms with Crippen molar-refractivity contribution in [2.75, 3.05) is 32.7 Å². The Morgan fingerprint density at radius 3 is 2.49 bits per heavy atom. The van der Waals surface area contributed by atoms with Gasteiger partial charge >= 0.3 is 0 Å². The molecule has 2 heterocycles. The quantitative estimate of drug-likeness (QED) is 0.248. The molecule has 0 amide bonds. The third-order valence-electron chi connectivity index (χ3n) is 6.52. The van der Waals surface area contributed by atoms with Gasteiger partial charge in [0, 0.05) is 56.9 Å². The first-order chi connectivity index (χ1) is 17.2. The Kier molecular flexibility index (Phi) is 8.76. The van der Waals surface area contributed by atoms with E-state index in [-0.39, 0.29) is 0 Å². The number of piperazine rings is 1. The van der Waals surface area contributed by atoms with Crippen LogP contribution in [0.4, 0.5) is 0 Å². The van der Waals surface area contributed by atoms with E-state index in [0.29, 0.717) is 6.54 Å². The molecule has 0 atom stereocenters. The predicted molar refractivity (Wildman–Crippen MR) is 146 cm³/mol. The summed E-state index contributed by atoms with van der Waals surface area (Å²) in [6, 6.07) is 13.2. The van der Waals surface area contributed by atoms with E-state index in [9.17, 15) is 0 Å². The number of hydrazone groups is 1. The maximum atomic E-state index is 4.72. The van der Waals surface area contributed by atoms with Gasteiger partial charge in [-0.2, -0.15) is 5.10 Å². The van der Waals surface area contributed by atoms with Crippen molar-refractivity contribution in [3.63, 3.8) is 0 Å². The Hall–Kier alpha value is -3.35. The number of nitrogens with one attached hydrogen (secondary N) is 1. The molecule has 1 aromatic carbocycles. The van der Waals surface area contributed by atoms with Crippen LogP contribution in [0, 0.1) is 0 Å². The zero-order valence-electron chi connectivity index (χ0n) is 20.8. The normalized spacial score (nSPS) is 16.9. The minimum Gasteiger partial charge on any atom is -0.314 e. The van der Waals surface area contributed by atoms with E-state index in [1.807, 2.05) is 18.1 Å². The largest absolute Gasteiger partial charge is 0.314 e. The molecule has 1 aliphatic carbocycles. The van der Waals surface area contributed by atoms with Gasteiger partial charge in [0.05, 0.1) is 12.2 Å². The fourth-order valence-electron chi connectivity index (χ4n) is 4.52. The van der Waals surface area contributed by atoms with Crippen LogP contribution >= 0.6 is 0 Å². The summed E-state index contributed by atoms with van der Waals surface area (Å²) < 4.78 is 0. The van der Waals surface area contributed by atoms with Crippen molar-refractivity contribution >= 4 is 12.6 Å². The molecule has 1 fully saturated rings. The van der Waals surface area contributed by atoms with E-state index >= 15 is 0 Å². The number of aromatic nitrogens is 1. The van der Waals surface area contributed by atoms with E-state index in [4.69, 9.17) is 4.98 Å². The second-order valence-electron chi connectivity index (χ2n) is 9.05. The van der Waals surface area contributed by atoms with Crippen LogP contribution in [0.5, 0.6) is 0 Å². The summed E-state index contributed by atoms with van der Waals surface area (Å²) in [5, 5.41) is 9.38. The Bertz CT molecular complexity index is 1090. The van der Waals surface area contributed by atoms with Crippen molar-refractivity contribution in [3.8, 4) is 11.1 Å². The van der Waals surface area contributed by atoms with Crippen LogP contribution in [0.2, 0.25) is 0 Å². The van der Waals surface area contributed by atoms with Crippen molar-refractivity contribution in [1.29, 1.82) is 0 Å². The molecule has 2 aliphatic rings. The number of benzene rings is 1. The Labute approximate surface area is 209 Å². The molecule has 6 nitrogen and oxygen atoms in total. The summed E-state index contributed by atoms with van der Waals surface area (Å²) in [5.41, 5.74) is 7.37. The Morgan fingerprint density at radius 2 is 1.86 bits per heavy atom. The molecular formula is C29H36N6. The summed E-state index contributed by atoms with van der Waals surface area (Å²) in [6.07, 6.45) is 11.0. The van der Waals surface area contributed by atoms with Crippen LogP contribution in [-0.2, 0) is 13.0 Å². The molecule has 1 aliphatic heterocycles. The molecule has 1 aromatic heterocycles. The van der Waals surface area contributed by atoms with Crippen LogP contribution in [0.25, 0.3) is 11.1 Å². The van der Waals surface area contributed by atoms with Gasteiger partial charge in [-0.25, -0.2) is 5.01 Å². The van der Waals surface area contributed by atoms with E-state index in [2.05, 4.69) is 82.2 Å². The van der Waals surface area contributed by atoms with Gasteiger partial charge in [-0.3, -0.25) is 14.9 Å². The van der Waals surface area contributed by atoms with Gasteiger partial charge in [0.1, 0.15) is 5.84 Å². The van der Waals surface area contributed by atoms with E-state index in [1.54, 1.807) is 6.08 Å². The topological polar surface area (TPSA) is 56.1 Å². The standard InChI is InChI=1S/C29H36N6/c1-4-15-32-23(2)35(30-3)29-13-7-25(8-14-29)20-24-5-9-26(10-6-24)27-11-12-28(33-21-27)22-34-18-16-31-17-19-34/h4-7,9-13,21,31H,1,3,8,14-20,22H2,2H3/b32-23-. The molecule has 0 spiro atoms. The number of rotatable bonds is 9. The van der Waals surface area contributed by atoms with Crippen LogP contribution < -0.4 is 5.32 Å². The van der Waals surface area contributed by atoms with Crippen LogP contribution in [0.1, 0.15) is 31.0 Å². The monoisotopic (exact) mass is 468 g/mol. The first kappa shape index (κ1) is 24.8. The fourth-order valence-corrected chi connectivity index (χ4v) is 4.52. The minimum absolute atomic E-state index is 0.582. The molecule has 6 heteroatoms. The van der Waals surface area contributed by atoms with Gasteiger partial charge < -0.3 is 5.32 Å². The molecule has 0 unspecified atom stereocenters. The first-order valence-corrected chi connectivity index (χ1v) is 12.4. The highest BCUT2D eigenvalue weighted by Gasteiger charge is 2.15. The average molecular weight is 469 g/mol. The summed E-state index contributed by atoms with van der Waals surface area (Å²) >= 11 is 0. The molecule has 2 aromatic rings. The highest BCUT2D eigenvalue weighted by Crippen LogP contribution is 2.26. The smallest absolute Gasteiger partial charge is 0.122 e. The molecule has 1 saturated heterocycles. The van der Waals surface area contributed by atoms with Crippen LogP contribution in [0.3, 0.4) is 0 Å². The van der Waals surface area contributed by atoms with Crippen molar-refractivity contribution in [3.05, 3.63) is 89.9 Å². The van der Waals surface area contributed by atoms with Gasteiger partial charge in [0.15, 0.2) is 0 Å². The first-order valence-electron chi connectivity index (χ1n) is 12.4. The number of aliphatic imine (C=N–C) groups is 1. The third kappa shape index (κ3) is 6.84. The van der Waals surface area contributed by atoms with Gasteiger partial charge in [-0.05, 0) is 49.5 Å². The zero-order valence-corrected chi connectivity index (χ0v) is 20.8. The molecule has 4 rings (SSSR count). The fraction of sp³-hybridized carbons (Fsp3) is 0.345. The predicted octanol–water partition coefficient (Wildman–Crippen LogP) is 4.82. The number of hydrogen-bond acceptors (Lipinski definition) is 5. The van der Waals surface area contributed by atoms with E-state index in [1.165, 1.54) is 16.7 Å². The van der Waals surface area contributed by atoms with Gasteiger partial charge in [-0.15, -0.1) is 6.58 Å². The van der Waals surface area contributed by atoms with Gasteiger partial charge in [0.25, 0.3) is 0 Å². The van der Waals surface area contributed by atoms with Crippen molar-refractivity contribution in [1.82, 2.24) is 20.2 Å². The molecule has 35 heavy (non-hydrogen) atoms. The van der Waals surface area contributed by atoms with Gasteiger partial charge in [0.2, 0.25) is 0 Å². The number of nitrogens with zero attached hydrogens (tertiary/aromatic N) is 5. The average Bonchev–Trinajstić information content (AvgIpc) is 2.90. The summed E-state index contributed by atoms with van der Waals surface area (Å²) in [6.45, 7) is 15.2. The van der Waals surface area contributed by atoms with Crippen LogP contribution in [-0.4, -0.2) is 60.2 Å². The lowest BCUT2D eigenvalue weighted by Gasteiger charge is -2.26. The van der Waals surface area contributed by atoms with Crippen molar-refractivity contribution in [2.45, 2.75) is 32.7 Å². The summed E-state index contributed by atoms with van der Waals surface area (Å²) in [4.78, 5) is 11.6. The minimum atomic E-state index is 0.582. The van der Waals surface area contributed by atoms with Crippen molar-refractivity contribution < 1.29 is 0 Å². The molecule has 1 N–H and O–H groups in total. The lowest BCUT2D eigenvalue weighted by molar-refractivity contribution is 0.231.